The summed E-state index contributed by atoms with van der Waals surface area (Å²) in [5, 5.41) is 0. The van der Waals surface area contributed by atoms with Crippen LogP contribution in [-0.2, 0) is 9.47 Å². The third-order valence-electron chi connectivity index (χ3n) is 8.72. The summed E-state index contributed by atoms with van der Waals surface area (Å²) in [7, 11) is 0. The Kier molecular flexibility index (Phi) is 3.39. The molecule has 2 heteroatoms. The molecule has 0 spiro atoms. The van der Waals surface area contributed by atoms with Gasteiger partial charge < -0.3 is 9.47 Å². The van der Waals surface area contributed by atoms with Crippen LogP contribution < -0.4 is 0 Å². The first-order chi connectivity index (χ1) is 10.7. The average molecular weight is 321 g/mol. The second-order valence-electron chi connectivity index (χ2n) is 10.5. The zero-order valence-electron chi connectivity index (χ0n) is 16.1. The van der Waals surface area contributed by atoms with Gasteiger partial charge in [0.25, 0.3) is 0 Å². The van der Waals surface area contributed by atoms with E-state index in [1.54, 1.807) is 0 Å². The lowest BCUT2D eigenvalue weighted by atomic mass is 9.88. The van der Waals surface area contributed by atoms with E-state index in [-0.39, 0.29) is 11.2 Å². The fourth-order valence-electron chi connectivity index (χ4n) is 6.92. The lowest BCUT2D eigenvalue weighted by Crippen LogP contribution is -2.33. The van der Waals surface area contributed by atoms with Crippen molar-refractivity contribution in [3.8, 4) is 0 Å². The maximum Gasteiger partial charge on any atom is 0.148 e. The van der Waals surface area contributed by atoms with Gasteiger partial charge in [-0.3, -0.25) is 0 Å². The van der Waals surface area contributed by atoms with Crippen LogP contribution in [-0.4, -0.2) is 18.0 Å². The Morgan fingerprint density at radius 1 is 0.696 bits per heavy atom. The number of hydrogen-bond donors (Lipinski definition) is 0. The van der Waals surface area contributed by atoms with E-state index in [0.29, 0.717) is 17.6 Å². The molecule has 0 aromatic carbocycles. The van der Waals surface area contributed by atoms with Gasteiger partial charge in [-0.1, -0.05) is 54.4 Å². The van der Waals surface area contributed by atoms with E-state index in [1.165, 1.54) is 38.5 Å². The van der Waals surface area contributed by atoms with Gasteiger partial charge in [0.15, 0.2) is 0 Å². The van der Waals surface area contributed by atoms with Crippen molar-refractivity contribution in [3.63, 3.8) is 0 Å². The first-order valence-corrected chi connectivity index (χ1v) is 9.95. The summed E-state index contributed by atoms with van der Waals surface area (Å²) in [5.74, 6) is 3.10. The molecule has 4 saturated carbocycles. The van der Waals surface area contributed by atoms with Crippen molar-refractivity contribution in [1.82, 2.24) is 0 Å². The Hall–Kier alpha value is -0.0800. The lowest BCUT2D eigenvalue weighted by Gasteiger charge is -2.32. The molecule has 132 valence electrons. The minimum atomic E-state index is 0.107. The molecule has 0 aromatic rings. The smallest absolute Gasteiger partial charge is 0.148 e. The fourth-order valence-corrected chi connectivity index (χ4v) is 6.92. The molecule has 4 aliphatic rings. The summed E-state index contributed by atoms with van der Waals surface area (Å²) in [5.41, 5.74) is 0.903. The SMILES string of the molecule is CC1CCC2C(C)(C)C2(OCOC23CC(C)CCC2C3(C)C)C1. The third kappa shape index (κ3) is 2.00. The van der Waals surface area contributed by atoms with Gasteiger partial charge in [-0.05, 0) is 60.2 Å². The molecule has 4 fully saturated rings. The normalized spacial score (nSPS) is 52.4. The Labute approximate surface area is 142 Å². The van der Waals surface area contributed by atoms with Gasteiger partial charge in [0.1, 0.15) is 6.79 Å². The van der Waals surface area contributed by atoms with Crippen molar-refractivity contribution in [3.05, 3.63) is 0 Å². The van der Waals surface area contributed by atoms with Crippen LogP contribution in [0.1, 0.15) is 80.1 Å². The number of fused-ring (bicyclic) bond motifs is 2. The van der Waals surface area contributed by atoms with E-state index in [1.807, 2.05) is 0 Å². The molecule has 6 unspecified atom stereocenters. The maximum atomic E-state index is 6.53. The molecule has 2 nitrogen and oxygen atoms in total. The van der Waals surface area contributed by atoms with Crippen LogP contribution in [0.2, 0.25) is 0 Å². The van der Waals surface area contributed by atoms with E-state index in [9.17, 15) is 0 Å². The zero-order chi connectivity index (χ0) is 16.7. The highest BCUT2D eigenvalue weighted by Crippen LogP contribution is 2.73. The summed E-state index contributed by atoms with van der Waals surface area (Å²) >= 11 is 0. The predicted octanol–water partition coefficient (Wildman–Crippen LogP) is 5.41. The molecule has 0 radical (unpaired) electrons. The number of hydrogen-bond acceptors (Lipinski definition) is 2. The quantitative estimate of drug-likeness (QED) is 0.645. The Morgan fingerprint density at radius 3 is 1.48 bits per heavy atom. The van der Waals surface area contributed by atoms with E-state index in [4.69, 9.17) is 9.47 Å². The van der Waals surface area contributed by atoms with Crippen LogP contribution in [0.3, 0.4) is 0 Å². The van der Waals surface area contributed by atoms with E-state index in [0.717, 1.165) is 23.7 Å². The minimum Gasteiger partial charge on any atom is -0.348 e. The molecule has 6 atom stereocenters. The number of ether oxygens (including phenoxy) is 2. The highest BCUT2D eigenvalue weighted by Gasteiger charge is 2.75. The van der Waals surface area contributed by atoms with E-state index >= 15 is 0 Å². The zero-order valence-corrected chi connectivity index (χ0v) is 16.1. The molecule has 4 aliphatic carbocycles. The van der Waals surface area contributed by atoms with Crippen LogP contribution in [0.5, 0.6) is 0 Å². The van der Waals surface area contributed by atoms with Crippen LogP contribution in [0, 0.1) is 34.5 Å². The molecule has 0 amide bonds. The largest absolute Gasteiger partial charge is 0.348 e. The van der Waals surface area contributed by atoms with Crippen LogP contribution in [0.25, 0.3) is 0 Å². The highest BCUT2D eigenvalue weighted by atomic mass is 16.7. The molecule has 4 rings (SSSR count). The van der Waals surface area contributed by atoms with Crippen molar-refractivity contribution in [2.75, 3.05) is 6.79 Å². The van der Waals surface area contributed by atoms with Gasteiger partial charge in [0, 0.05) is 0 Å². The molecule has 0 aliphatic heterocycles. The number of rotatable bonds is 4. The Bertz CT molecular complexity index is 452. The maximum absolute atomic E-state index is 6.53. The van der Waals surface area contributed by atoms with Crippen molar-refractivity contribution in [1.29, 1.82) is 0 Å². The second kappa shape index (κ2) is 4.75. The first-order valence-electron chi connectivity index (χ1n) is 9.95. The second-order valence-corrected chi connectivity index (χ2v) is 10.5. The molecule has 0 saturated heterocycles. The van der Waals surface area contributed by atoms with E-state index < -0.39 is 0 Å². The average Bonchev–Trinajstić information content (AvgIpc) is 3.13. The highest BCUT2D eigenvalue weighted by molar-refractivity contribution is 5.23. The van der Waals surface area contributed by atoms with Crippen molar-refractivity contribution < 1.29 is 9.47 Å². The lowest BCUT2D eigenvalue weighted by molar-refractivity contribution is -0.173. The van der Waals surface area contributed by atoms with Crippen molar-refractivity contribution in [2.45, 2.75) is 91.3 Å². The topological polar surface area (TPSA) is 18.5 Å². The van der Waals surface area contributed by atoms with Gasteiger partial charge >= 0.3 is 0 Å². The first kappa shape index (κ1) is 16.4. The molecule has 0 aromatic heterocycles. The third-order valence-corrected chi connectivity index (χ3v) is 8.72. The van der Waals surface area contributed by atoms with Crippen LogP contribution in [0.4, 0.5) is 0 Å². The fraction of sp³-hybridized carbons (Fsp3) is 1.00. The monoisotopic (exact) mass is 320 g/mol. The van der Waals surface area contributed by atoms with Gasteiger partial charge in [-0.25, -0.2) is 0 Å². The summed E-state index contributed by atoms with van der Waals surface area (Å²) < 4.78 is 13.1. The van der Waals surface area contributed by atoms with Gasteiger partial charge in [-0.2, -0.15) is 0 Å². The standard InChI is InChI=1S/C21H36O2/c1-14-7-9-16-18(3,4)20(16,11-14)22-13-23-21-12-15(2)8-10-17(21)19(21,5)6/h14-17H,7-13H2,1-6H3. The van der Waals surface area contributed by atoms with Crippen LogP contribution in [0.15, 0.2) is 0 Å². The van der Waals surface area contributed by atoms with Gasteiger partial charge in [0.05, 0.1) is 11.2 Å². The molecular weight excluding hydrogens is 284 g/mol. The molecule has 0 bridgehead atoms. The Morgan fingerprint density at radius 2 is 1.09 bits per heavy atom. The molecule has 23 heavy (non-hydrogen) atoms. The van der Waals surface area contributed by atoms with Gasteiger partial charge in [0.2, 0.25) is 0 Å². The van der Waals surface area contributed by atoms with Crippen LogP contribution >= 0.6 is 0 Å². The molecule has 0 heterocycles. The van der Waals surface area contributed by atoms with Crippen molar-refractivity contribution in [2.24, 2.45) is 34.5 Å². The predicted molar refractivity (Wildman–Crippen MR) is 93.1 cm³/mol. The minimum absolute atomic E-state index is 0.107. The Balaban J connectivity index is 1.41. The summed E-state index contributed by atoms with van der Waals surface area (Å²) in [6.07, 6.45) is 7.87. The molecular formula is C21H36O2. The summed E-state index contributed by atoms with van der Waals surface area (Å²) in [6.45, 7) is 14.9. The van der Waals surface area contributed by atoms with Gasteiger partial charge in [-0.15, -0.1) is 0 Å². The van der Waals surface area contributed by atoms with E-state index in [2.05, 4.69) is 41.5 Å². The summed E-state index contributed by atoms with van der Waals surface area (Å²) in [4.78, 5) is 0. The molecule has 0 N–H and O–H groups in total. The van der Waals surface area contributed by atoms with Crippen molar-refractivity contribution >= 4 is 0 Å². The summed E-state index contributed by atoms with van der Waals surface area (Å²) in [6, 6.07) is 0.